The fraction of sp³-hybridized carbons (Fsp3) is 0.857. The molecule has 1 fully saturated rings. The second-order valence-corrected chi connectivity index (χ2v) is 5.78. The summed E-state index contributed by atoms with van der Waals surface area (Å²) in [5.41, 5.74) is 0. The lowest BCUT2D eigenvalue weighted by molar-refractivity contribution is 0.108. The predicted octanol–water partition coefficient (Wildman–Crippen LogP) is 0.919. The van der Waals surface area contributed by atoms with Gasteiger partial charge in [0.25, 0.3) is 0 Å². The van der Waals surface area contributed by atoms with Crippen LogP contribution in [0.1, 0.15) is 37.5 Å². The molecule has 2 atom stereocenters. The number of nitrogens with zero attached hydrogens (tertiary/aromatic N) is 4. The molecule has 0 saturated carbocycles. The number of rotatable bonds is 6. The summed E-state index contributed by atoms with van der Waals surface area (Å²) in [5.74, 6) is 1.56. The van der Waals surface area contributed by atoms with E-state index in [4.69, 9.17) is 4.52 Å². The van der Waals surface area contributed by atoms with Gasteiger partial charge in [0, 0.05) is 32.1 Å². The molecule has 0 aromatic carbocycles. The topological polar surface area (TPSA) is 57.4 Å². The quantitative estimate of drug-likeness (QED) is 0.837. The first kappa shape index (κ1) is 15.4. The van der Waals surface area contributed by atoms with Crippen LogP contribution in [0.25, 0.3) is 0 Å². The average Bonchev–Trinajstić information content (AvgIpc) is 2.89. The van der Waals surface area contributed by atoms with Crippen LogP contribution < -0.4 is 5.32 Å². The Balaban J connectivity index is 2.00. The molecule has 2 unspecified atom stereocenters. The van der Waals surface area contributed by atoms with Crippen LogP contribution in [0.4, 0.5) is 0 Å². The van der Waals surface area contributed by atoms with E-state index in [1.165, 1.54) is 0 Å². The molecule has 0 radical (unpaired) electrons. The van der Waals surface area contributed by atoms with E-state index in [0.29, 0.717) is 6.04 Å². The molecule has 1 aromatic rings. The fourth-order valence-electron chi connectivity index (χ4n) is 2.68. The molecule has 114 valence electrons. The maximum Gasteiger partial charge on any atom is 0.228 e. The Morgan fingerprint density at radius 1 is 1.40 bits per heavy atom. The van der Waals surface area contributed by atoms with Crippen molar-refractivity contribution < 1.29 is 4.52 Å². The van der Waals surface area contributed by atoms with E-state index in [2.05, 4.69) is 46.3 Å². The molecule has 0 amide bonds. The van der Waals surface area contributed by atoms with Crippen molar-refractivity contribution in [3.8, 4) is 0 Å². The van der Waals surface area contributed by atoms with Gasteiger partial charge in [-0.3, -0.25) is 4.90 Å². The maximum atomic E-state index is 5.43. The van der Waals surface area contributed by atoms with Gasteiger partial charge in [-0.25, -0.2) is 0 Å². The van der Waals surface area contributed by atoms with Crippen LogP contribution in [0, 0.1) is 0 Å². The number of piperazine rings is 1. The second-order valence-electron chi connectivity index (χ2n) is 5.78. The monoisotopic (exact) mass is 281 g/mol. The van der Waals surface area contributed by atoms with E-state index in [9.17, 15) is 0 Å². The van der Waals surface area contributed by atoms with Crippen molar-refractivity contribution in [3.05, 3.63) is 11.7 Å². The van der Waals surface area contributed by atoms with E-state index in [1.54, 1.807) is 0 Å². The Kier molecular flexibility index (Phi) is 5.51. The molecule has 1 aliphatic rings. The van der Waals surface area contributed by atoms with Gasteiger partial charge in [-0.2, -0.15) is 4.98 Å². The maximum absolute atomic E-state index is 5.43. The SMILES string of the molecule is CCCC(Cc1nc(C2CN(C)CCN2C)no1)NC. The molecular weight excluding hydrogens is 254 g/mol. The van der Waals surface area contributed by atoms with Gasteiger partial charge in [-0.05, 0) is 27.6 Å². The lowest BCUT2D eigenvalue weighted by Crippen LogP contribution is -2.45. The lowest BCUT2D eigenvalue weighted by Gasteiger charge is -2.35. The third-order valence-corrected chi connectivity index (χ3v) is 4.10. The van der Waals surface area contributed by atoms with Crippen LogP contribution in [0.2, 0.25) is 0 Å². The van der Waals surface area contributed by atoms with Crippen molar-refractivity contribution in [2.75, 3.05) is 40.8 Å². The molecule has 2 rings (SSSR count). The van der Waals surface area contributed by atoms with Crippen molar-refractivity contribution in [2.24, 2.45) is 0 Å². The molecule has 6 nitrogen and oxygen atoms in total. The smallest absolute Gasteiger partial charge is 0.228 e. The van der Waals surface area contributed by atoms with Gasteiger partial charge in [0.15, 0.2) is 5.82 Å². The van der Waals surface area contributed by atoms with Gasteiger partial charge in [-0.1, -0.05) is 18.5 Å². The van der Waals surface area contributed by atoms with E-state index in [-0.39, 0.29) is 6.04 Å². The van der Waals surface area contributed by atoms with E-state index in [0.717, 1.165) is 50.6 Å². The summed E-state index contributed by atoms with van der Waals surface area (Å²) in [5, 5.41) is 7.50. The molecule has 1 N–H and O–H groups in total. The second kappa shape index (κ2) is 7.15. The zero-order chi connectivity index (χ0) is 14.5. The minimum absolute atomic E-state index is 0.241. The Morgan fingerprint density at radius 2 is 2.20 bits per heavy atom. The first-order chi connectivity index (χ1) is 9.63. The molecule has 0 aliphatic carbocycles. The minimum atomic E-state index is 0.241. The molecule has 1 saturated heterocycles. The normalized spacial score (nSPS) is 23.1. The summed E-state index contributed by atoms with van der Waals surface area (Å²) >= 11 is 0. The summed E-state index contributed by atoms with van der Waals surface area (Å²) in [4.78, 5) is 9.22. The first-order valence-electron chi connectivity index (χ1n) is 7.52. The van der Waals surface area contributed by atoms with Gasteiger partial charge in [-0.15, -0.1) is 0 Å². The molecule has 20 heavy (non-hydrogen) atoms. The van der Waals surface area contributed by atoms with Crippen molar-refractivity contribution in [2.45, 2.75) is 38.3 Å². The number of nitrogens with one attached hydrogen (secondary N) is 1. The summed E-state index contributed by atoms with van der Waals surface area (Å²) < 4.78 is 5.43. The standard InChI is InChI=1S/C14H27N5O/c1-5-6-11(15-2)9-13-16-14(17-20-13)12-10-18(3)7-8-19(12)4/h11-12,15H,5-10H2,1-4H3. The Labute approximate surface area is 121 Å². The van der Waals surface area contributed by atoms with Crippen LogP contribution in [-0.2, 0) is 6.42 Å². The average molecular weight is 281 g/mol. The highest BCUT2D eigenvalue weighted by atomic mass is 16.5. The van der Waals surface area contributed by atoms with Gasteiger partial charge in [0.05, 0.1) is 6.04 Å². The number of aromatic nitrogens is 2. The summed E-state index contributed by atoms with van der Waals surface area (Å²) in [6, 6.07) is 0.658. The third-order valence-electron chi connectivity index (χ3n) is 4.10. The van der Waals surface area contributed by atoms with Crippen LogP contribution in [-0.4, -0.2) is 66.8 Å². The van der Waals surface area contributed by atoms with Crippen LogP contribution in [0.3, 0.4) is 0 Å². The highest BCUT2D eigenvalue weighted by molar-refractivity contribution is 4.99. The molecule has 1 aromatic heterocycles. The van der Waals surface area contributed by atoms with Gasteiger partial charge < -0.3 is 14.7 Å². The summed E-state index contributed by atoms with van der Waals surface area (Å²) in [6.07, 6.45) is 3.09. The van der Waals surface area contributed by atoms with E-state index < -0.39 is 0 Å². The zero-order valence-electron chi connectivity index (χ0n) is 13.1. The van der Waals surface area contributed by atoms with E-state index >= 15 is 0 Å². The van der Waals surface area contributed by atoms with Gasteiger partial charge >= 0.3 is 0 Å². The highest BCUT2D eigenvalue weighted by Crippen LogP contribution is 2.21. The minimum Gasteiger partial charge on any atom is -0.339 e. The number of hydrogen-bond donors (Lipinski definition) is 1. The molecule has 0 spiro atoms. The van der Waals surface area contributed by atoms with Crippen molar-refractivity contribution >= 4 is 0 Å². The summed E-state index contributed by atoms with van der Waals surface area (Å²) in [6.45, 7) is 5.28. The molecule has 1 aliphatic heterocycles. The van der Waals surface area contributed by atoms with Crippen LogP contribution in [0.5, 0.6) is 0 Å². The van der Waals surface area contributed by atoms with Gasteiger partial charge in [0.1, 0.15) is 0 Å². The molecule has 6 heteroatoms. The summed E-state index contributed by atoms with van der Waals surface area (Å²) in [7, 11) is 6.25. The fourth-order valence-corrected chi connectivity index (χ4v) is 2.68. The molecule has 2 heterocycles. The Morgan fingerprint density at radius 3 is 2.90 bits per heavy atom. The molecule has 0 bridgehead atoms. The Bertz CT molecular complexity index is 408. The van der Waals surface area contributed by atoms with Crippen molar-refractivity contribution in [1.29, 1.82) is 0 Å². The first-order valence-corrected chi connectivity index (χ1v) is 7.52. The van der Waals surface area contributed by atoms with E-state index in [1.807, 2.05) is 7.05 Å². The number of hydrogen-bond acceptors (Lipinski definition) is 6. The van der Waals surface area contributed by atoms with Crippen molar-refractivity contribution in [3.63, 3.8) is 0 Å². The highest BCUT2D eigenvalue weighted by Gasteiger charge is 2.28. The van der Waals surface area contributed by atoms with Crippen LogP contribution >= 0.6 is 0 Å². The third kappa shape index (κ3) is 3.77. The van der Waals surface area contributed by atoms with Gasteiger partial charge in [0.2, 0.25) is 5.89 Å². The molecular formula is C14H27N5O. The zero-order valence-corrected chi connectivity index (χ0v) is 13.1. The van der Waals surface area contributed by atoms with Crippen molar-refractivity contribution in [1.82, 2.24) is 25.3 Å². The lowest BCUT2D eigenvalue weighted by atomic mass is 10.1. The van der Waals surface area contributed by atoms with Crippen LogP contribution in [0.15, 0.2) is 4.52 Å². The largest absolute Gasteiger partial charge is 0.339 e. The Hall–Kier alpha value is -0.980. The number of likely N-dealkylation sites (N-methyl/N-ethyl adjacent to an activating group) is 3. The predicted molar refractivity (Wildman–Crippen MR) is 78.6 cm³/mol.